The highest BCUT2D eigenvalue weighted by Crippen LogP contribution is 2.25. The summed E-state index contributed by atoms with van der Waals surface area (Å²) in [5.41, 5.74) is 9.07. The van der Waals surface area contributed by atoms with Gasteiger partial charge < -0.3 is 11.1 Å². The minimum atomic E-state index is -0.608. The Hall–Kier alpha value is -2.36. The smallest absolute Gasteiger partial charge is 0.258 e. The minimum absolute atomic E-state index is 0.000279. The van der Waals surface area contributed by atoms with Crippen LogP contribution in [0, 0.1) is 5.82 Å². The van der Waals surface area contributed by atoms with Gasteiger partial charge in [0.1, 0.15) is 5.82 Å². The monoisotopic (exact) mass is 270 g/mol. The van der Waals surface area contributed by atoms with Crippen LogP contribution in [0.1, 0.15) is 27.9 Å². The Morgan fingerprint density at radius 1 is 1.10 bits per heavy atom. The third-order valence-electron chi connectivity index (χ3n) is 3.59. The average Bonchev–Trinajstić information content (AvgIpc) is 2.85. The number of amides is 1. The second-order valence-corrected chi connectivity index (χ2v) is 5.03. The summed E-state index contributed by atoms with van der Waals surface area (Å²) in [6.07, 6.45) is 3.28. The number of hydrogen-bond donors (Lipinski definition) is 2. The second kappa shape index (κ2) is 4.96. The van der Waals surface area contributed by atoms with Crippen LogP contribution in [0.4, 0.5) is 15.8 Å². The van der Waals surface area contributed by atoms with Gasteiger partial charge in [-0.15, -0.1) is 0 Å². The van der Waals surface area contributed by atoms with Crippen molar-refractivity contribution in [2.75, 3.05) is 11.1 Å². The van der Waals surface area contributed by atoms with Crippen molar-refractivity contribution < 1.29 is 9.18 Å². The summed E-state index contributed by atoms with van der Waals surface area (Å²) in [5.74, 6) is -1.07. The lowest BCUT2D eigenvalue weighted by molar-refractivity contribution is 0.102. The fourth-order valence-electron chi connectivity index (χ4n) is 2.56. The normalized spacial score (nSPS) is 13.1. The molecule has 0 radical (unpaired) electrons. The van der Waals surface area contributed by atoms with Gasteiger partial charge in [0.25, 0.3) is 5.91 Å². The van der Waals surface area contributed by atoms with E-state index >= 15 is 0 Å². The zero-order valence-electron chi connectivity index (χ0n) is 10.9. The van der Waals surface area contributed by atoms with Crippen LogP contribution in [0.3, 0.4) is 0 Å². The molecule has 1 aliphatic rings. The predicted molar refractivity (Wildman–Crippen MR) is 77.2 cm³/mol. The maximum Gasteiger partial charge on any atom is 0.258 e. The van der Waals surface area contributed by atoms with Crippen LogP contribution < -0.4 is 11.1 Å². The maximum atomic E-state index is 13.7. The molecule has 0 aliphatic heterocycles. The minimum Gasteiger partial charge on any atom is -0.399 e. The van der Waals surface area contributed by atoms with Crippen LogP contribution in [-0.2, 0) is 12.8 Å². The summed E-state index contributed by atoms with van der Waals surface area (Å²) in [6, 6.07) is 9.91. The molecule has 20 heavy (non-hydrogen) atoms. The molecule has 0 saturated carbocycles. The predicted octanol–water partition coefficient (Wildman–Crippen LogP) is 3.15. The van der Waals surface area contributed by atoms with Gasteiger partial charge in [-0.3, -0.25) is 4.79 Å². The Morgan fingerprint density at radius 3 is 2.70 bits per heavy atom. The summed E-state index contributed by atoms with van der Waals surface area (Å²) in [7, 11) is 0. The van der Waals surface area contributed by atoms with Gasteiger partial charge in [0, 0.05) is 11.4 Å². The highest BCUT2D eigenvalue weighted by molar-refractivity contribution is 6.04. The fraction of sp³-hybridized carbons (Fsp3) is 0.188. The lowest BCUT2D eigenvalue weighted by Crippen LogP contribution is -2.14. The van der Waals surface area contributed by atoms with E-state index in [0.717, 1.165) is 25.3 Å². The number of nitrogens with two attached hydrogens (primary N) is 1. The van der Waals surface area contributed by atoms with E-state index in [1.54, 1.807) is 0 Å². The van der Waals surface area contributed by atoms with Gasteiger partial charge in [-0.2, -0.15) is 0 Å². The number of carbonyl (C=O) groups excluding carboxylic acids is 1. The number of nitrogens with one attached hydrogen (secondary N) is 1. The third kappa shape index (κ3) is 2.37. The number of nitrogen functional groups attached to an aromatic ring is 1. The molecule has 4 heteroatoms. The van der Waals surface area contributed by atoms with Crippen LogP contribution in [0.2, 0.25) is 0 Å². The highest BCUT2D eigenvalue weighted by atomic mass is 19.1. The Balaban J connectivity index is 1.82. The first-order chi connectivity index (χ1) is 9.63. The number of carbonyl (C=O) groups is 1. The molecule has 3 rings (SSSR count). The molecular formula is C16H15FN2O. The van der Waals surface area contributed by atoms with Gasteiger partial charge >= 0.3 is 0 Å². The summed E-state index contributed by atoms with van der Waals surface area (Å²) in [5, 5.41) is 2.73. The van der Waals surface area contributed by atoms with E-state index in [9.17, 15) is 9.18 Å². The fourth-order valence-corrected chi connectivity index (χ4v) is 2.56. The Bertz CT molecular complexity index is 682. The lowest BCUT2D eigenvalue weighted by Gasteiger charge is -2.08. The van der Waals surface area contributed by atoms with Crippen molar-refractivity contribution in [3.05, 3.63) is 58.9 Å². The maximum absolute atomic E-state index is 13.7. The van der Waals surface area contributed by atoms with Crippen molar-refractivity contribution in [3.63, 3.8) is 0 Å². The molecule has 0 bridgehead atoms. The largest absolute Gasteiger partial charge is 0.399 e. The standard InChI is InChI=1S/C16H15FN2O/c17-15-9-12(18)5-7-14(15)16(20)19-13-6-4-10-2-1-3-11(10)8-13/h4-9H,1-3,18H2,(H,19,20). The van der Waals surface area contributed by atoms with Gasteiger partial charge in [0.2, 0.25) is 0 Å². The Labute approximate surface area is 116 Å². The molecule has 1 aliphatic carbocycles. The van der Waals surface area contributed by atoms with Crippen molar-refractivity contribution in [3.8, 4) is 0 Å². The SMILES string of the molecule is Nc1ccc(C(=O)Nc2ccc3c(c2)CCC3)c(F)c1. The molecule has 0 heterocycles. The molecule has 3 nitrogen and oxygen atoms in total. The molecule has 0 saturated heterocycles. The highest BCUT2D eigenvalue weighted by Gasteiger charge is 2.14. The van der Waals surface area contributed by atoms with E-state index in [-0.39, 0.29) is 5.56 Å². The van der Waals surface area contributed by atoms with E-state index in [2.05, 4.69) is 5.32 Å². The van der Waals surface area contributed by atoms with Gasteiger partial charge in [-0.25, -0.2) is 4.39 Å². The van der Waals surface area contributed by atoms with Crippen molar-refractivity contribution in [1.29, 1.82) is 0 Å². The van der Waals surface area contributed by atoms with Crippen molar-refractivity contribution in [2.24, 2.45) is 0 Å². The zero-order valence-corrected chi connectivity index (χ0v) is 10.9. The van der Waals surface area contributed by atoms with E-state index in [0.29, 0.717) is 11.4 Å². The van der Waals surface area contributed by atoms with Gasteiger partial charge in [-0.1, -0.05) is 6.07 Å². The van der Waals surface area contributed by atoms with Gasteiger partial charge in [0.15, 0.2) is 0 Å². The van der Waals surface area contributed by atoms with Crippen LogP contribution in [0.25, 0.3) is 0 Å². The van der Waals surface area contributed by atoms with Crippen LogP contribution in [0.15, 0.2) is 36.4 Å². The molecule has 1 amide bonds. The molecule has 0 aromatic heterocycles. The quantitative estimate of drug-likeness (QED) is 0.824. The molecule has 102 valence electrons. The van der Waals surface area contributed by atoms with E-state index in [1.165, 1.54) is 23.3 Å². The van der Waals surface area contributed by atoms with Gasteiger partial charge in [0.05, 0.1) is 5.56 Å². The summed E-state index contributed by atoms with van der Waals surface area (Å²) < 4.78 is 13.7. The van der Waals surface area contributed by atoms with Crippen LogP contribution in [-0.4, -0.2) is 5.91 Å². The zero-order chi connectivity index (χ0) is 14.1. The number of benzene rings is 2. The Kier molecular flexibility index (Phi) is 3.14. The van der Waals surface area contributed by atoms with Crippen molar-refractivity contribution in [1.82, 2.24) is 0 Å². The van der Waals surface area contributed by atoms with E-state index < -0.39 is 11.7 Å². The number of rotatable bonds is 2. The summed E-state index contributed by atoms with van der Waals surface area (Å²) in [6.45, 7) is 0. The third-order valence-corrected chi connectivity index (χ3v) is 3.59. The van der Waals surface area contributed by atoms with Crippen molar-refractivity contribution in [2.45, 2.75) is 19.3 Å². The second-order valence-electron chi connectivity index (χ2n) is 5.03. The first kappa shape index (κ1) is 12.7. The molecule has 0 spiro atoms. The Morgan fingerprint density at radius 2 is 1.90 bits per heavy atom. The first-order valence-corrected chi connectivity index (χ1v) is 6.61. The first-order valence-electron chi connectivity index (χ1n) is 6.61. The molecule has 0 unspecified atom stereocenters. The lowest BCUT2D eigenvalue weighted by atomic mass is 10.1. The molecule has 2 aromatic rings. The number of aryl methyl sites for hydroxylation is 2. The molecule has 3 N–H and O–H groups in total. The number of halogens is 1. The van der Waals surface area contributed by atoms with Crippen LogP contribution >= 0.6 is 0 Å². The van der Waals surface area contributed by atoms with Crippen molar-refractivity contribution >= 4 is 17.3 Å². The topological polar surface area (TPSA) is 55.1 Å². The van der Waals surface area contributed by atoms with E-state index in [1.807, 2.05) is 18.2 Å². The number of hydrogen-bond acceptors (Lipinski definition) is 2. The molecular weight excluding hydrogens is 255 g/mol. The van der Waals surface area contributed by atoms with Crippen LogP contribution in [0.5, 0.6) is 0 Å². The molecule has 0 fully saturated rings. The average molecular weight is 270 g/mol. The number of fused-ring (bicyclic) bond motifs is 1. The molecule has 0 atom stereocenters. The number of anilines is 2. The van der Waals surface area contributed by atoms with E-state index in [4.69, 9.17) is 5.73 Å². The summed E-state index contributed by atoms with van der Waals surface area (Å²) in [4.78, 5) is 12.1. The summed E-state index contributed by atoms with van der Waals surface area (Å²) >= 11 is 0. The van der Waals surface area contributed by atoms with Gasteiger partial charge in [-0.05, 0) is 60.7 Å². The molecule has 2 aromatic carbocycles.